The van der Waals surface area contributed by atoms with E-state index in [1.54, 1.807) is 11.3 Å². The van der Waals surface area contributed by atoms with Crippen molar-refractivity contribution in [1.82, 2.24) is 5.32 Å². The van der Waals surface area contributed by atoms with Gasteiger partial charge >= 0.3 is 0 Å². The summed E-state index contributed by atoms with van der Waals surface area (Å²) in [5.41, 5.74) is 0. The van der Waals surface area contributed by atoms with Crippen LogP contribution in [0.3, 0.4) is 0 Å². The molecule has 1 saturated carbocycles. The van der Waals surface area contributed by atoms with E-state index in [0.29, 0.717) is 0 Å². The van der Waals surface area contributed by atoms with Crippen LogP contribution in [0, 0.1) is 0 Å². The van der Waals surface area contributed by atoms with Gasteiger partial charge in [0.2, 0.25) is 0 Å². The lowest BCUT2D eigenvalue weighted by Crippen LogP contribution is -2.31. The lowest BCUT2D eigenvalue weighted by molar-refractivity contribution is 0.392. The highest BCUT2D eigenvalue weighted by Gasteiger charge is 2.10. The van der Waals surface area contributed by atoms with Gasteiger partial charge in [-0.15, -0.1) is 11.3 Å². The van der Waals surface area contributed by atoms with E-state index in [4.69, 9.17) is 11.6 Å². The van der Waals surface area contributed by atoms with Crippen molar-refractivity contribution in [2.45, 2.75) is 57.4 Å². The van der Waals surface area contributed by atoms with Crippen LogP contribution in [0.25, 0.3) is 0 Å². The first-order chi connectivity index (χ1) is 8.34. The quantitative estimate of drug-likeness (QED) is 0.841. The summed E-state index contributed by atoms with van der Waals surface area (Å²) in [6, 6.07) is 4.90. The molecule has 1 nitrogen and oxygen atoms in total. The zero-order valence-corrected chi connectivity index (χ0v) is 12.0. The maximum Gasteiger partial charge on any atom is 0.0931 e. The molecule has 0 aliphatic heterocycles. The Kier molecular flexibility index (Phi) is 5.82. The highest BCUT2D eigenvalue weighted by atomic mass is 35.5. The van der Waals surface area contributed by atoms with Gasteiger partial charge in [-0.3, -0.25) is 0 Å². The van der Waals surface area contributed by atoms with Crippen LogP contribution in [0.15, 0.2) is 12.1 Å². The van der Waals surface area contributed by atoms with Gasteiger partial charge in [0.1, 0.15) is 0 Å². The minimum Gasteiger partial charge on any atom is -0.314 e. The van der Waals surface area contributed by atoms with Crippen LogP contribution in [-0.4, -0.2) is 12.6 Å². The Morgan fingerprint density at radius 2 is 1.82 bits per heavy atom. The van der Waals surface area contributed by atoms with Crippen molar-refractivity contribution in [3.8, 4) is 0 Å². The Morgan fingerprint density at radius 1 is 1.12 bits per heavy atom. The van der Waals surface area contributed by atoms with E-state index in [-0.39, 0.29) is 0 Å². The first-order valence-electron chi connectivity index (χ1n) is 6.82. The van der Waals surface area contributed by atoms with Crippen molar-refractivity contribution in [2.75, 3.05) is 6.54 Å². The van der Waals surface area contributed by atoms with Gasteiger partial charge in [0, 0.05) is 17.5 Å². The monoisotopic (exact) mass is 271 g/mol. The number of nitrogens with one attached hydrogen (secondary N) is 1. The Morgan fingerprint density at radius 3 is 2.47 bits per heavy atom. The Hall–Kier alpha value is -0.0500. The average molecular weight is 272 g/mol. The second-order valence-corrected chi connectivity index (χ2v) is 6.75. The summed E-state index contributed by atoms with van der Waals surface area (Å²) in [5, 5.41) is 3.71. The fourth-order valence-corrected chi connectivity index (χ4v) is 3.63. The summed E-state index contributed by atoms with van der Waals surface area (Å²) < 4.78 is 0.908. The van der Waals surface area contributed by atoms with Crippen LogP contribution in [0.4, 0.5) is 0 Å². The average Bonchev–Trinajstić information content (AvgIpc) is 2.67. The predicted molar refractivity (Wildman–Crippen MR) is 77.1 cm³/mol. The molecule has 0 aromatic carbocycles. The molecule has 1 fully saturated rings. The zero-order valence-electron chi connectivity index (χ0n) is 10.4. The summed E-state index contributed by atoms with van der Waals surface area (Å²) >= 11 is 7.63. The van der Waals surface area contributed by atoms with Crippen molar-refractivity contribution >= 4 is 22.9 Å². The standard InChI is InChI=1S/C14H22ClNS/c15-14-9-8-13(17-14)10-11-16-12-6-4-2-1-3-5-7-12/h8-9,12,16H,1-7,10-11H2. The molecule has 1 aromatic rings. The molecule has 2 rings (SSSR count). The summed E-state index contributed by atoms with van der Waals surface area (Å²) in [6.07, 6.45) is 11.0. The van der Waals surface area contributed by atoms with Crippen LogP contribution in [0.1, 0.15) is 49.8 Å². The number of thiophene rings is 1. The van der Waals surface area contributed by atoms with E-state index >= 15 is 0 Å². The van der Waals surface area contributed by atoms with Crippen LogP contribution >= 0.6 is 22.9 Å². The smallest absolute Gasteiger partial charge is 0.0931 e. The highest BCUT2D eigenvalue weighted by Crippen LogP contribution is 2.22. The molecule has 1 aliphatic carbocycles. The third kappa shape index (κ3) is 4.99. The summed E-state index contributed by atoms with van der Waals surface area (Å²) in [7, 11) is 0. The maximum atomic E-state index is 5.93. The predicted octanol–water partition coefficient (Wildman–Crippen LogP) is 4.65. The van der Waals surface area contributed by atoms with E-state index < -0.39 is 0 Å². The van der Waals surface area contributed by atoms with Crippen molar-refractivity contribution in [1.29, 1.82) is 0 Å². The van der Waals surface area contributed by atoms with E-state index in [2.05, 4.69) is 11.4 Å². The van der Waals surface area contributed by atoms with Gasteiger partial charge in [0.15, 0.2) is 0 Å². The zero-order chi connectivity index (χ0) is 11.9. The molecule has 0 atom stereocenters. The van der Waals surface area contributed by atoms with E-state index in [1.807, 2.05) is 6.07 Å². The van der Waals surface area contributed by atoms with E-state index in [1.165, 1.54) is 49.8 Å². The van der Waals surface area contributed by atoms with Gasteiger partial charge in [0.25, 0.3) is 0 Å². The van der Waals surface area contributed by atoms with Crippen LogP contribution < -0.4 is 5.32 Å². The molecule has 0 unspecified atom stereocenters. The topological polar surface area (TPSA) is 12.0 Å². The molecule has 1 heterocycles. The normalized spacial score (nSPS) is 18.9. The molecule has 96 valence electrons. The van der Waals surface area contributed by atoms with Gasteiger partial charge < -0.3 is 5.32 Å². The molecule has 0 saturated heterocycles. The summed E-state index contributed by atoms with van der Waals surface area (Å²) in [5.74, 6) is 0. The van der Waals surface area contributed by atoms with Gasteiger partial charge in [-0.05, 0) is 31.4 Å². The molecule has 0 amide bonds. The SMILES string of the molecule is Clc1ccc(CCNC2CCCCCCC2)s1. The van der Waals surface area contributed by atoms with Crippen molar-refractivity contribution < 1.29 is 0 Å². The second kappa shape index (κ2) is 7.40. The second-order valence-electron chi connectivity index (χ2n) is 4.95. The largest absolute Gasteiger partial charge is 0.314 e. The van der Waals surface area contributed by atoms with Crippen LogP contribution in [-0.2, 0) is 6.42 Å². The van der Waals surface area contributed by atoms with Crippen molar-refractivity contribution in [3.63, 3.8) is 0 Å². The molecule has 3 heteroatoms. The minimum absolute atomic E-state index is 0.755. The first kappa shape index (κ1) is 13.4. The summed E-state index contributed by atoms with van der Waals surface area (Å²) in [6.45, 7) is 1.10. The fourth-order valence-electron chi connectivity index (χ4n) is 2.55. The Labute approximate surface area is 114 Å². The summed E-state index contributed by atoms with van der Waals surface area (Å²) in [4.78, 5) is 1.40. The number of hydrogen-bond acceptors (Lipinski definition) is 2. The molecule has 17 heavy (non-hydrogen) atoms. The third-order valence-electron chi connectivity index (χ3n) is 3.54. The molecule has 1 aromatic heterocycles. The van der Waals surface area contributed by atoms with Gasteiger partial charge in [-0.2, -0.15) is 0 Å². The van der Waals surface area contributed by atoms with Crippen molar-refractivity contribution in [2.24, 2.45) is 0 Å². The van der Waals surface area contributed by atoms with Gasteiger partial charge in [-0.1, -0.05) is 43.7 Å². The van der Waals surface area contributed by atoms with Gasteiger partial charge in [0.05, 0.1) is 4.34 Å². The fraction of sp³-hybridized carbons (Fsp3) is 0.714. The molecular weight excluding hydrogens is 250 g/mol. The van der Waals surface area contributed by atoms with E-state index in [0.717, 1.165) is 23.3 Å². The Bertz CT molecular complexity index is 316. The molecular formula is C14H22ClNS. The molecule has 1 N–H and O–H groups in total. The lowest BCUT2D eigenvalue weighted by atomic mass is 9.97. The van der Waals surface area contributed by atoms with E-state index in [9.17, 15) is 0 Å². The first-order valence-corrected chi connectivity index (χ1v) is 8.01. The molecule has 1 aliphatic rings. The highest BCUT2D eigenvalue weighted by molar-refractivity contribution is 7.16. The number of halogens is 1. The third-order valence-corrected chi connectivity index (χ3v) is 4.83. The number of hydrogen-bond donors (Lipinski definition) is 1. The Balaban J connectivity index is 1.66. The van der Waals surface area contributed by atoms with Gasteiger partial charge in [-0.25, -0.2) is 0 Å². The minimum atomic E-state index is 0.755. The van der Waals surface area contributed by atoms with Crippen LogP contribution in [0.2, 0.25) is 4.34 Å². The molecule has 0 bridgehead atoms. The molecule has 0 spiro atoms. The number of rotatable bonds is 4. The van der Waals surface area contributed by atoms with Crippen molar-refractivity contribution in [3.05, 3.63) is 21.3 Å². The maximum absolute atomic E-state index is 5.93. The van der Waals surface area contributed by atoms with Crippen LogP contribution in [0.5, 0.6) is 0 Å². The molecule has 0 radical (unpaired) electrons. The lowest BCUT2D eigenvalue weighted by Gasteiger charge is -2.20.